The maximum Gasteiger partial charge on any atom is 0.341 e. The lowest BCUT2D eigenvalue weighted by atomic mass is 10.1. The van der Waals surface area contributed by atoms with Crippen molar-refractivity contribution in [3.8, 4) is 0 Å². The van der Waals surface area contributed by atoms with Crippen molar-refractivity contribution in [1.82, 2.24) is 0 Å². The molecule has 6 nitrogen and oxygen atoms in total. The predicted molar refractivity (Wildman–Crippen MR) is 102 cm³/mol. The number of carbonyl (C=O) groups excluding carboxylic acids is 3. The van der Waals surface area contributed by atoms with E-state index in [2.05, 4.69) is 5.32 Å². The van der Waals surface area contributed by atoms with E-state index in [4.69, 9.17) is 9.47 Å². The van der Waals surface area contributed by atoms with Crippen LogP contribution in [-0.4, -0.2) is 31.1 Å². The summed E-state index contributed by atoms with van der Waals surface area (Å²) in [5.41, 5.74) is 1.17. The molecular weight excluding hydrogens is 374 g/mol. The number of carbonyl (C=O) groups is 3. The van der Waals surface area contributed by atoms with Crippen molar-refractivity contribution in [2.75, 3.05) is 18.5 Å². The summed E-state index contributed by atoms with van der Waals surface area (Å²) in [5.74, 6) is -1.24. The Morgan fingerprint density at radius 1 is 1.23 bits per heavy atom. The molecule has 2 rings (SSSR count). The van der Waals surface area contributed by atoms with Crippen LogP contribution in [0.1, 0.15) is 47.5 Å². The summed E-state index contributed by atoms with van der Waals surface area (Å²) >= 11 is 2.81. The van der Waals surface area contributed by atoms with E-state index in [0.717, 1.165) is 10.4 Å². The van der Waals surface area contributed by atoms with Crippen molar-refractivity contribution in [1.29, 1.82) is 0 Å². The van der Waals surface area contributed by atoms with Crippen molar-refractivity contribution >= 4 is 45.5 Å². The molecule has 0 aliphatic heterocycles. The van der Waals surface area contributed by atoms with Crippen molar-refractivity contribution in [3.05, 3.63) is 38.9 Å². The van der Waals surface area contributed by atoms with Crippen molar-refractivity contribution in [2.45, 2.75) is 33.1 Å². The topological polar surface area (TPSA) is 81.7 Å². The first kappa shape index (κ1) is 20.1. The molecule has 0 aliphatic carbocycles. The molecule has 0 bridgehead atoms. The Morgan fingerprint density at radius 2 is 2.00 bits per heavy atom. The lowest BCUT2D eigenvalue weighted by Gasteiger charge is -2.07. The molecule has 0 spiro atoms. The Bertz CT molecular complexity index is 765. The van der Waals surface area contributed by atoms with Crippen LogP contribution in [0.25, 0.3) is 0 Å². The van der Waals surface area contributed by atoms with Gasteiger partial charge in [0.1, 0.15) is 5.00 Å². The van der Waals surface area contributed by atoms with Gasteiger partial charge in [0.05, 0.1) is 18.6 Å². The van der Waals surface area contributed by atoms with Gasteiger partial charge in [0.25, 0.3) is 5.91 Å². The third-order valence-corrected chi connectivity index (χ3v) is 5.44. The second-order valence-corrected chi connectivity index (χ2v) is 7.65. The molecule has 0 aliphatic rings. The molecular formula is C18H21NO5S2. The van der Waals surface area contributed by atoms with Gasteiger partial charge in [0, 0.05) is 4.88 Å². The average molecular weight is 396 g/mol. The van der Waals surface area contributed by atoms with Crippen LogP contribution in [0, 0.1) is 0 Å². The van der Waals surface area contributed by atoms with Gasteiger partial charge in [-0.3, -0.25) is 9.59 Å². The Balaban J connectivity index is 1.96. The maximum absolute atomic E-state index is 12.1. The molecule has 26 heavy (non-hydrogen) atoms. The standard InChI is InChI=1S/C18H21NO5S2/c1-4-23-18(22)13-8-14(11(2)3)26-17(13)19-15(20)9-24-16(21)7-12-5-6-25-10-12/h5-6,8,10-11H,4,7,9H2,1-3H3,(H,19,20). The monoisotopic (exact) mass is 395 g/mol. The van der Waals surface area contributed by atoms with E-state index in [9.17, 15) is 14.4 Å². The van der Waals surface area contributed by atoms with Gasteiger partial charge in [-0.15, -0.1) is 11.3 Å². The summed E-state index contributed by atoms with van der Waals surface area (Å²) < 4.78 is 10.0. The van der Waals surface area contributed by atoms with Gasteiger partial charge in [-0.2, -0.15) is 11.3 Å². The van der Waals surface area contributed by atoms with Gasteiger partial charge in [-0.05, 0) is 41.3 Å². The zero-order valence-corrected chi connectivity index (χ0v) is 16.5. The van der Waals surface area contributed by atoms with Gasteiger partial charge in [-0.25, -0.2) is 4.79 Å². The number of nitrogens with one attached hydrogen (secondary N) is 1. The van der Waals surface area contributed by atoms with Crippen LogP contribution in [0.4, 0.5) is 5.00 Å². The average Bonchev–Trinajstić information content (AvgIpc) is 3.23. The Labute approximate surface area is 160 Å². The molecule has 8 heteroatoms. The fourth-order valence-corrected chi connectivity index (χ4v) is 3.80. The van der Waals surface area contributed by atoms with Gasteiger partial charge >= 0.3 is 11.9 Å². The van der Waals surface area contributed by atoms with Crippen molar-refractivity contribution < 1.29 is 23.9 Å². The highest BCUT2D eigenvalue weighted by Gasteiger charge is 2.20. The summed E-state index contributed by atoms with van der Waals surface area (Å²) in [6.45, 7) is 5.56. The van der Waals surface area contributed by atoms with Crippen LogP contribution in [0.2, 0.25) is 0 Å². The van der Waals surface area contributed by atoms with Gasteiger partial charge in [0.15, 0.2) is 6.61 Å². The molecule has 0 saturated heterocycles. The molecule has 0 aromatic carbocycles. The number of thiophene rings is 2. The zero-order chi connectivity index (χ0) is 19.1. The smallest absolute Gasteiger partial charge is 0.341 e. The van der Waals surface area contributed by atoms with Crippen LogP contribution in [0.3, 0.4) is 0 Å². The number of hydrogen-bond donors (Lipinski definition) is 1. The fraction of sp³-hybridized carbons (Fsp3) is 0.389. The van der Waals surface area contributed by atoms with E-state index in [1.807, 2.05) is 30.7 Å². The predicted octanol–water partition coefficient (Wildman–Crippen LogP) is 3.83. The summed E-state index contributed by atoms with van der Waals surface area (Å²) in [6.07, 6.45) is 0.126. The van der Waals surface area contributed by atoms with Gasteiger partial charge < -0.3 is 14.8 Å². The summed E-state index contributed by atoms with van der Waals surface area (Å²) in [7, 11) is 0. The first-order valence-electron chi connectivity index (χ1n) is 8.18. The molecule has 2 heterocycles. The molecule has 0 saturated carbocycles. The van der Waals surface area contributed by atoms with E-state index in [1.54, 1.807) is 13.0 Å². The number of hydrogen-bond acceptors (Lipinski definition) is 7. The number of esters is 2. The molecule has 0 unspecified atom stereocenters. The molecule has 0 atom stereocenters. The second-order valence-electron chi connectivity index (χ2n) is 5.78. The third-order valence-electron chi connectivity index (χ3n) is 3.36. The minimum absolute atomic E-state index is 0.126. The van der Waals surface area contributed by atoms with Crippen LogP contribution < -0.4 is 5.32 Å². The summed E-state index contributed by atoms with van der Waals surface area (Å²) in [4.78, 5) is 36.9. The second kappa shape index (κ2) is 9.49. The van der Waals surface area contributed by atoms with Crippen LogP contribution in [0.5, 0.6) is 0 Å². The Morgan fingerprint density at radius 3 is 2.62 bits per heavy atom. The highest BCUT2D eigenvalue weighted by Crippen LogP contribution is 2.33. The molecule has 0 radical (unpaired) electrons. The lowest BCUT2D eigenvalue weighted by molar-refractivity contribution is -0.146. The summed E-state index contributed by atoms with van der Waals surface area (Å²) in [5, 5.41) is 6.77. The minimum Gasteiger partial charge on any atom is -0.462 e. The van der Waals surface area contributed by atoms with E-state index < -0.39 is 24.5 Å². The number of anilines is 1. The minimum atomic E-state index is -0.494. The quantitative estimate of drug-likeness (QED) is 0.687. The molecule has 1 N–H and O–H groups in total. The lowest BCUT2D eigenvalue weighted by Crippen LogP contribution is -2.22. The molecule has 140 valence electrons. The Hall–Kier alpha value is -2.19. The number of amides is 1. The number of ether oxygens (including phenoxy) is 2. The van der Waals surface area contributed by atoms with Crippen molar-refractivity contribution in [3.63, 3.8) is 0 Å². The maximum atomic E-state index is 12.1. The molecule has 0 fully saturated rings. The van der Waals surface area contributed by atoms with Gasteiger partial charge in [0.2, 0.25) is 0 Å². The molecule has 1 amide bonds. The zero-order valence-electron chi connectivity index (χ0n) is 14.9. The fourth-order valence-electron chi connectivity index (χ4n) is 2.07. The van der Waals surface area contributed by atoms with Crippen molar-refractivity contribution in [2.24, 2.45) is 0 Å². The SMILES string of the molecule is CCOC(=O)c1cc(C(C)C)sc1NC(=O)COC(=O)Cc1ccsc1. The first-order valence-corrected chi connectivity index (χ1v) is 9.94. The first-order chi connectivity index (χ1) is 12.4. The summed E-state index contributed by atoms with van der Waals surface area (Å²) in [6, 6.07) is 3.56. The highest BCUT2D eigenvalue weighted by atomic mass is 32.1. The molecule has 2 aromatic rings. The van der Waals surface area contributed by atoms with E-state index in [1.165, 1.54) is 22.7 Å². The largest absolute Gasteiger partial charge is 0.462 e. The number of rotatable bonds is 8. The van der Waals surface area contributed by atoms with Crippen LogP contribution >= 0.6 is 22.7 Å². The van der Waals surface area contributed by atoms with E-state index in [0.29, 0.717) is 10.6 Å². The van der Waals surface area contributed by atoms with E-state index in [-0.39, 0.29) is 18.9 Å². The van der Waals surface area contributed by atoms with Crippen LogP contribution in [-0.2, 0) is 25.5 Å². The van der Waals surface area contributed by atoms with E-state index >= 15 is 0 Å². The normalized spacial score (nSPS) is 10.6. The molecule has 2 aromatic heterocycles. The van der Waals surface area contributed by atoms with Gasteiger partial charge in [-0.1, -0.05) is 13.8 Å². The highest BCUT2D eigenvalue weighted by molar-refractivity contribution is 7.16. The van der Waals surface area contributed by atoms with Crippen LogP contribution in [0.15, 0.2) is 22.9 Å². The Kier molecular flexibility index (Phi) is 7.35. The third kappa shape index (κ3) is 5.67.